The van der Waals surface area contributed by atoms with E-state index in [0.717, 1.165) is 5.56 Å². The van der Waals surface area contributed by atoms with Crippen LogP contribution in [0.1, 0.15) is 15.9 Å². The van der Waals surface area contributed by atoms with Gasteiger partial charge in [-0.05, 0) is 35.9 Å². The van der Waals surface area contributed by atoms with Crippen LogP contribution >= 0.6 is 0 Å². The molecule has 3 rings (SSSR count). The second-order valence-electron chi connectivity index (χ2n) is 5.24. The van der Waals surface area contributed by atoms with Crippen molar-refractivity contribution in [2.75, 3.05) is 20.8 Å². The van der Waals surface area contributed by atoms with Crippen LogP contribution in [-0.4, -0.2) is 32.6 Å². The minimum atomic E-state index is -0.490. The summed E-state index contributed by atoms with van der Waals surface area (Å²) in [4.78, 5) is 23.6. The zero-order chi connectivity index (χ0) is 17.8. The third-order valence-electron chi connectivity index (χ3n) is 3.62. The molecule has 0 spiro atoms. The van der Waals surface area contributed by atoms with Crippen molar-refractivity contribution in [3.63, 3.8) is 0 Å². The SMILES string of the molecule is COC(=O)COc1ccc2c(c1)O/C(=C/c1cccc(OC)c1)C2=O. The molecule has 0 saturated heterocycles. The molecule has 0 aromatic heterocycles. The van der Waals surface area contributed by atoms with Gasteiger partial charge in [0.15, 0.2) is 12.4 Å². The van der Waals surface area contributed by atoms with E-state index >= 15 is 0 Å². The van der Waals surface area contributed by atoms with Gasteiger partial charge in [-0.25, -0.2) is 4.79 Å². The predicted octanol–water partition coefficient (Wildman–Crippen LogP) is 2.86. The van der Waals surface area contributed by atoms with Crippen molar-refractivity contribution in [3.8, 4) is 17.2 Å². The average Bonchev–Trinajstić information content (AvgIpc) is 2.95. The normalized spacial score (nSPS) is 14.0. The highest BCUT2D eigenvalue weighted by molar-refractivity contribution is 6.14. The number of esters is 1. The first-order valence-electron chi connectivity index (χ1n) is 7.52. The summed E-state index contributed by atoms with van der Waals surface area (Å²) in [5, 5.41) is 0. The molecule has 0 aliphatic carbocycles. The van der Waals surface area contributed by atoms with E-state index in [1.165, 1.54) is 7.11 Å². The third kappa shape index (κ3) is 3.63. The number of methoxy groups -OCH3 is 2. The van der Waals surface area contributed by atoms with Gasteiger partial charge >= 0.3 is 5.97 Å². The molecular formula is C19H16O6. The summed E-state index contributed by atoms with van der Waals surface area (Å²) in [6, 6.07) is 12.1. The maximum atomic E-state index is 12.4. The molecule has 0 N–H and O–H groups in total. The maximum Gasteiger partial charge on any atom is 0.343 e. The molecule has 1 aliphatic rings. The molecule has 25 heavy (non-hydrogen) atoms. The van der Waals surface area contributed by atoms with Gasteiger partial charge in [-0.3, -0.25) is 4.79 Å². The molecule has 2 aromatic carbocycles. The molecule has 1 heterocycles. The molecule has 0 bridgehead atoms. The van der Waals surface area contributed by atoms with Crippen LogP contribution in [0, 0.1) is 0 Å². The van der Waals surface area contributed by atoms with Crippen molar-refractivity contribution in [2.24, 2.45) is 0 Å². The lowest BCUT2D eigenvalue weighted by molar-refractivity contribution is -0.142. The highest BCUT2D eigenvalue weighted by Crippen LogP contribution is 2.35. The van der Waals surface area contributed by atoms with E-state index < -0.39 is 5.97 Å². The lowest BCUT2D eigenvalue weighted by Crippen LogP contribution is -2.12. The number of carbonyl (C=O) groups excluding carboxylic acids is 2. The molecule has 0 amide bonds. The number of Topliss-reactive ketones (excluding diaryl/α,β-unsaturated/α-hetero) is 1. The van der Waals surface area contributed by atoms with E-state index in [2.05, 4.69) is 4.74 Å². The van der Waals surface area contributed by atoms with Gasteiger partial charge in [-0.2, -0.15) is 0 Å². The van der Waals surface area contributed by atoms with Crippen LogP contribution in [-0.2, 0) is 9.53 Å². The largest absolute Gasteiger partial charge is 0.497 e. The van der Waals surface area contributed by atoms with Crippen LogP contribution in [0.4, 0.5) is 0 Å². The fourth-order valence-electron chi connectivity index (χ4n) is 2.34. The summed E-state index contributed by atoms with van der Waals surface area (Å²) in [6.45, 7) is -0.213. The molecule has 0 fully saturated rings. The summed E-state index contributed by atoms with van der Waals surface area (Å²) in [5.41, 5.74) is 1.23. The molecule has 0 unspecified atom stereocenters. The minimum absolute atomic E-state index is 0.211. The Hall–Kier alpha value is -3.28. The topological polar surface area (TPSA) is 71.1 Å². The number of fused-ring (bicyclic) bond motifs is 1. The Morgan fingerprint density at radius 3 is 2.72 bits per heavy atom. The summed E-state index contributed by atoms with van der Waals surface area (Å²) in [7, 11) is 2.86. The quantitative estimate of drug-likeness (QED) is 0.616. The minimum Gasteiger partial charge on any atom is -0.497 e. The second-order valence-corrected chi connectivity index (χ2v) is 5.24. The second kappa shape index (κ2) is 7.09. The van der Waals surface area contributed by atoms with Crippen molar-refractivity contribution >= 4 is 17.8 Å². The van der Waals surface area contributed by atoms with Crippen molar-refractivity contribution in [1.82, 2.24) is 0 Å². The lowest BCUT2D eigenvalue weighted by Gasteiger charge is -2.05. The highest BCUT2D eigenvalue weighted by atomic mass is 16.6. The predicted molar refractivity (Wildman–Crippen MR) is 89.9 cm³/mol. The van der Waals surface area contributed by atoms with E-state index in [9.17, 15) is 9.59 Å². The van der Waals surface area contributed by atoms with Crippen molar-refractivity contribution in [3.05, 3.63) is 59.4 Å². The van der Waals surface area contributed by atoms with Crippen LogP contribution in [0.5, 0.6) is 17.2 Å². The fourth-order valence-corrected chi connectivity index (χ4v) is 2.34. The Balaban J connectivity index is 1.80. The van der Waals surface area contributed by atoms with Crippen LogP contribution in [0.3, 0.4) is 0 Å². The summed E-state index contributed by atoms with van der Waals surface area (Å²) < 4.78 is 20.6. The Morgan fingerprint density at radius 1 is 1.12 bits per heavy atom. The first-order chi connectivity index (χ1) is 12.1. The number of allylic oxidation sites excluding steroid dienone is 1. The Bertz CT molecular complexity index is 853. The molecule has 0 radical (unpaired) electrons. The zero-order valence-electron chi connectivity index (χ0n) is 13.8. The zero-order valence-corrected chi connectivity index (χ0v) is 13.8. The van der Waals surface area contributed by atoms with Crippen LogP contribution in [0.2, 0.25) is 0 Å². The Labute approximate surface area is 144 Å². The van der Waals surface area contributed by atoms with Gasteiger partial charge in [0, 0.05) is 6.07 Å². The highest BCUT2D eigenvalue weighted by Gasteiger charge is 2.27. The number of rotatable bonds is 5. The van der Waals surface area contributed by atoms with Crippen LogP contribution < -0.4 is 14.2 Å². The van der Waals surface area contributed by atoms with E-state index in [1.807, 2.05) is 18.2 Å². The van der Waals surface area contributed by atoms with E-state index in [4.69, 9.17) is 14.2 Å². The van der Waals surface area contributed by atoms with Crippen molar-refractivity contribution in [2.45, 2.75) is 0 Å². The number of ketones is 1. The summed E-state index contributed by atoms with van der Waals surface area (Å²) in [5.74, 6) is 1.01. The number of carbonyl (C=O) groups is 2. The maximum absolute atomic E-state index is 12.4. The fraction of sp³-hybridized carbons (Fsp3) is 0.158. The van der Waals surface area contributed by atoms with Gasteiger partial charge in [0.2, 0.25) is 5.78 Å². The van der Waals surface area contributed by atoms with Crippen molar-refractivity contribution in [1.29, 1.82) is 0 Å². The van der Waals surface area contributed by atoms with Crippen LogP contribution in [0.15, 0.2) is 48.2 Å². The molecular weight excluding hydrogens is 324 g/mol. The molecule has 6 heteroatoms. The Kier molecular flexibility index (Phi) is 4.70. The molecule has 0 atom stereocenters. The monoisotopic (exact) mass is 340 g/mol. The van der Waals surface area contributed by atoms with Gasteiger partial charge in [0.05, 0.1) is 19.8 Å². The van der Waals surface area contributed by atoms with E-state index in [-0.39, 0.29) is 18.1 Å². The Morgan fingerprint density at radius 2 is 1.96 bits per heavy atom. The number of hydrogen-bond donors (Lipinski definition) is 0. The average molecular weight is 340 g/mol. The summed E-state index contributed by atoms with van der Waals surface area (Å²) in [6.07, 6.45) is 1.65. The van der Waals surface area contributed by atoms with E-state index in [0.29, 0.717) is 22.8 Å². The van der Waals surface area contributed by atoms with Gasteiger partial charge in [-0.15, -0.1) is 0 Å². The van der Waals surface area contributed by atoms with Gasteiger partial charge < -0.3 is 18.9 Å². The van der Waals surface area contributed by atoms with Gasteiger partial charge in [-0.1, -0.05) is 12.1 Å². The number of ether oxygens (including phenoxy) is 4. The van der Waals surface area contributed by atoms with Crippen molar-refractivity contribution < 1.29 is 28.5 Å². The smallest absolute Gasteiger partial charge is 0.343 e. The van der Waals surface area contributed by atoms with E-state index in [1.54, 1.807) is 37.5 Å². The molecule has 128 valence electrons. The number of hydrogen-bond acceptors (Lipinski definition) is 6. The first kappa shape index (κ1) is 16.6. The number of benzene rings is 2. The molecule has 1 aliphatic heterocycles. The van der Waals surface area contributed by atoms with Gasteiger partial charge in [0.1, 0.15) is 17.2 Å². The molecule has 2 aromatic rings. The summed E-state index contributed by atoms with van der Waals surface area (Å²) >= 11 is 0. The lowest BCUT2D eigenvalue weighted by atomic mass is 10.1. The van der Waals surface area contributed by atoms with Gasteiger partial charge in [0.25, 0.3) is 0 Å². The standard InChI is InChI=1S/C19H16O6/c1-22-13-5-3-4-12(8-13)9-17-19(21)15-7-6-14(10-16(15)25-17)24-11-18(20)23-2/h3-10H,11H2,1-2H3/b17-9+. The molecule has 6 nitrogen and oxygen atoms in total. The first-order valence-corrected chi connectivity index (χ1v) is 7.52. The molecule has 0 saturated carbocycles. The third-order valence-corrected chi connectivity index (χ3v) is 3.62. The van der Waals surface area contributed by atoms with Crippen LogP contribution in [0.25, 0.3) is 6.08 Å².